The molecule has 0 bridgehead atoms. The van der Waals surface area contributed by atoms with E-state index in [1.165, 1.54) is 0 Å². The van der Waals surface area contributed by atoms with Crippen LogP contribution in [0.4, 0.5) is 0 Å². The molecule has 0 aliphatic carbocycles. The average molecular weight is 250 g/mol. The largest absolute Gasteiger partial charge is 0.490 e. The van der Waals surface area contributed by atoms with Crippen LogP contribution in [0.1, 0.15) is 51.8 Å². The Morgan fingerprint density at radius 2 is 2.06 bits per heavy atom. The van der Waals surface area contributed by atoms with Gasteiger partial charge in [0.2, 0.25) is 0 Å². The Morgan fingerprint density at radius 3 is 2.67 bits per heavy atom. The zero-order valence-electron chi connectivity index (χ0n) is 12.3. The first-order valence-electron chi connectivity index (χ1n) is 6.88. The zero-order valence-corrected chi connectivity index (χ0v) is 12.3. The van der Waals surface area contributed by atoms with Crippen LogP contribution in [0.25, 0.3) is 0 Å². The fourth-order valence-electron chi connectivity index (χ4n) is 1.80. The number of nitrogens with one attached hydrogen (secondary N) is 1. The van der Waals surface area contributed by atoms with Gasteiger partial charge in [-0.1, -0.05) is 27.2 Å². The van der Waals surface area contributed by atoms with Crippen LogP contribution in [0.2, 0.25) is 0 Å². The van der Waals surface area contributed by atoms with Crippen LogP contribution < -0.4 is 10.1 Å². The van der Waals surface area contributed by atoms with Gasteiger partial charge >= 0.3 is 0 Å². The van der Waals surface area contributed by atoms with Crippen molar-refractivity contribution in [2.24, 2.45) is 0 Å². The Hall–Kier alpha value is -1.09. The van der Waals surface area contributed by atoms with Crippen molar-refractivity contribution in [3.63, 3.8) is 0 Å². The molecular formula is C15H26N2O. The van der Waals surface area contributed by atoms with E-state index in [0.717, 1.165) is 36.4 Å². The summed E-state index contributed by atoms with van der Waals surface area (Å²) in [4.78, 5) is 4.35. The second-order valence-electron chi connectivity index (χ2n) is 5.19. The van der Waals surface area contributed by atoms with Crippen LogP contribution >= 0.6 is 0 Å². The van der Waals surface area contributed by atoms with Crippen LogP contribution in [0.5, 0.6) is 5.75 Å². The minimum Gasteiger partial charge on any atom is -0.490 e. The molecule has 3 heteroatoms. The van der Waals surface area contributed by atoms with Crippen molar-refractivity contribution in [1.29, 1.82) is 0 Å². The molecule has 0 spiro atoms. The molecule has 1 N–H and O–H groups in total. The lowest BCUT2D eigenvalue weighted by Gasteiger charge is -2.18. The Labute approximate surface area is 111 Å². The molecule has 1 aromatic rings. The molecular weight excluding hydrogens is 224 g/mol. The third-order valence-electron chi connectivity index (χ3n) is 2.80. The summed E-state index contributed by atoms with van der Waals surface area (Å²) in [6.45, 7) is 11.4. The van der Waals surface area contributed by atoms with Crippen molar-refractivity contribution in [3.8, 4) is 5.75 Å². The molecule has 0 radical (unpaired) electrons. The van der Waals surface area contributed by atoms with E-state index >= 15 is 0 Å². The Bertz CT molecular complexity index is 364. The van der Waals surface area contributed by atoms with Gasteiger partial charge in [-0.3, -0.25) is 4.98 Å². The van der Waals surface area contributed by atoms with E-state index in [9.17, 15) is 0 Å². The average Bonchev–Trinajstić information content (AvgIpc) is 2.28. The van der Waals surface area contributed by atoms with Gasteiger partial charge in [0, 0.05) is 36.1 Å². The summed E-state index contributed by atoms with van der Waals surface area (Å²) < 4.78 is 6.02. The van der Waals surface area contributed by atoms with E-state index in [1.807, 2.05) is 19.2 Å². The third-order valence-corrected chi connectivity index (χ3v) is 2.80. The number of hydrogen-bond acceptors (Lipinski definition) is 3. The summed E-state index contributed by atoms with van der Waals surface area (Å²) in [5.74, 6) is 0.969. The van der Waals surface area contributed by atoms with E-state index in [-0.39, 0.29) is 6.10 Å². The molecule has 18 heavy (non-hydrogen) atoms. The van der Waals surface area contributed by atoms with Gasteiger partial charge in [0.15, 0.2) is 0 Å². The van der Waals surface area contributed by atoms with Crippen molar-refractivity contribution in [2.45, 2.75) is 66.2 Å². The first-order chi connectivity index (χ1) is 8.52. The fourth-order valence-corrected chi connectivity index (χ4v) is 1.80. The van der Waals surface area contributed by atoms with Gasteiger partial charge in [-0.25, -0.2) is 0 Å². The molecule has 3 nitrogen and oxygen atoms in total. The van der Waals surface area contributed by atoms with E-state index in [1.54, 1.807) is 0 Å². The summed E-state index contributed by atoms with van der Waals surface area (Å²) in [5, 5.41) is 3.41. The number of ether oxygens (including phenoxy) is 1. The topological polar surface area (TPSA) is 34.1 Å². The summed E-state index contributed by atoms with van der Waals surface area (Å²) >= 11 is 0. The SMILES string of the molecule is CCCC(C)Oc1cc(C)ncc1CNC(C)C. The third kappa shape index (κ3) is 5.05. The molecule has 1 unspecified atom stereocenters. The summed E-state index contributed by atoms with van der Waals surface area (Å²) in [5.41, 5.74) is 2.14. The van der Waals surface area contributed by atoms with Crippen LogP contribution in [0.3, 0.4) is 0 Å². The quantitative estimate of drug-likeness (QED) is 0.804. The summed E-state index contributed by atoms with van der Waals surface area (Å²) in [7, 11) is 0. The predicted molar refractivity (Wildman–Crippen MR) is 75.9 cm³/mol. The van der Waals surface area contributed by atoms with Gasteiger partial charge in [-0.2, -0.15) is 0 Å². The number of aromatic nitrogens is 1. The van der Waals surface area contributed by atoms with Crippen LogP contribution in [-0.4, -0.2) is 17.1 Å². The highest BCUT2D eigenvalue weighted by Crippen LogP contribution is 2.21. The highest BCUT2D eigenvalue weighted by Gasteiger charge is 2.09. The Morgan fingerprint density at radius 1 is 1.33 bits per heavy atom. The number of aryl methyl sites for hydroxylation is 1. The van der Waals surface area contributed by atoms with Crippen molar-refractivity contribution in [3.05, 3.63) is 23.5 Å². The number of rotatable bonds is 7. The van der Waals surface area contributed by atoms with Gasteiger partial charge in [-0.05, 0) is 20.3 Å². The van der Waals surface area contributed by atoms with Crippen LogP contribution in [-0.2, 0) is 6.54 Å². The van der Waals surface area contributed by atoms with Gasteiger partial charge in [0.05, 0.1) is 6.10 Å². The first-order valence-corrected chi connectivity index (χ1v) is 6.88. The van der Waals surface area contributed by atoms with E-state index in [0.29, 0.717) is 6.04 Å². The van der Waals surface area contributed by atoms with Crippen molar-refractivity contribution < 1.29 is 4.74 Å². The highest BCUT2D eigenvalue weighted by atomic mass is 16.5. The maximum Gasteiger partial charge on any atom is 0.127 e. The maximum absolute atomic E-state index is 6.02. The minimum absolute atomic E-state index is 0.259. The molecule has 1 aromatic heterocycles. The number of pyridine rings is 1. The standard InChI is InChI=1S/C15H26N2O/c1-6-7-13(5)18-15-8-12(4)17-10-14(15)9-16-11(2)3/h8,10-11,13,16H,6-7,9H2,1-5H3. The van der Waals surface area contributed by atoms with Gasteiger partial charge in [-0.15, -0.1) is 0 Å². The number of hydrogen-bond donors (Lipinski definition) is 1. The molecule has 0 aliphatic heterocycles. The number of nitrogens with zero attached hydrogens (tertiary/aromatic N) is 1. The molecule has 1 heterocycles. The highest BCUT2D eigenvalue weighted by molar-refractivity contribution is 5.33. The van der Waals surface area contributed by atoms with Crippen molar-refractivity contribution in [2.75, 3.05) is 0 Å². The molecule has 102 valence electrons. The Kier molecular flexibility index (Phi) is 6.13. The fraction of sp³-hybridized carbons (Fsp3) is 0.667. The smallest absolute Gasteiger partial charge is 0.127 e. The second kappa shape index (κ2) is 7.37. The Balaban J connectivity index is 2.76. The lowest BCUT2D eigenvalue weighted by molar-refractivity contribution is 0.207. The molecule has 0 aromatic carbocycles. The van der Waals surface area contributed by atoms with Crippen LogP contribution in [0, 0.1) is 6.92 Å². The minimum atomic E-state index is 0.259. The van der Waals surface area contributed by atoms with E-state index in [2.05, 4.69) is 38.0 Å². The summed E-state index contributed by atoms with van der Waals surface area (Å²) in [6, 6.07) is 2.50. The van der Waals surface area contributed by atoms with Crippen molar-refractivity contribution in [1.82, 2.24) is 10.3 Å². The molecule has 0 fully saturated rings. The lowest BCUT2D eigenvalue weighted by Crippen LogP contribution is -2.23. The molecule has 0 saturated heterocycles. The molecule has 1 rings (SSSR count). The monoisotopic (exact) mass is 250 g/mol. The second-order valence-corrected chi connectivity index (χ2v) is 5.19. The van der Waals surface area contributed by atoms with Gasteiger partial charge in [0.1, 0.15) is 5.75 Å². The molecule has 1 atom stereocenters. The first kappa shape index (κ1) is 15.0. The summed E-state index contributed by atoms with van der Waals surface area (Å²) in [6.07, 6.45) is 4.40. The van der Waals surface area contributed by atoms with E-state index < -0.39 is 0 Å². The predicted octanol–water partition coefficient (Wildman–Crippen LogP) is 3.46. The lowest BCUT2D eigenvalue weighted by atomic mass is 10.2. The van der Waals surface area contributed by atoms with E-state index in [4.69, 9.17) is 4.74 Å². The normalized spacial score (nSPS) is 12.8. The van der Waals surface area contributed by atoms with Gasteiger partial charge in [0.25, 0.3) is 0 Å². The molecule has 0 aliphatic rings. The van der Waals surface area contributed by atoms with Crippen LogP contribution in [0.15, 0.2) is 12.3 Å². The molecule has 0 saturated carbocycles. The zero-order chi connectivity index (χ0) is 13.5. The molecule has 0 amide bonds. The maximum atomic E-state index is 6.02. The van der Waals surface area contributed by atoms with Crippen molar-refractivity contribution >= 4 is 0 Å². The van der Waals surface area contributed by atoms with Gasteiger partial charge < -0.3 is 10.1 Å².